The third kappa shape index (κ3) is 2.20. The van der Waals surface area contributed by atoms with Crippen LogP contribution in [0.15, 0.2) is 6.07 Å². The summed E-state index contributed by atoms with van der Waals surface area (Å²) in [6, 6.07) is 3.13. The lowest BCUT2D eigenvalue weighted by atomic mass is 9.70. The summed E-state index contributed by atoms with van der Waals surface area (Å²) in [5, 5.41) is 8.39. The third-order valence-electron chi connectivity index (χ3n) is 6.05. The van der Waals surface area contributed by atoms with E-state index in [1.807, 2.05) is 0 Å². The first-order valence-electron chi connectivity index (χ1n) is 8.37. The minimum Gasteiger partial charge on any atom is -0.313 e. The molecule has 3 saturated carbocycles. The topological polar surface area (TPSA) is 29.9 Å². The zero-order valence-electron chi connectivity index (χ0n) is 12.9. The average molecular weight is 273 g/mol. The molecule has 1 aromatic heterocycles. The molecule has 3 aliphatic rings. The number of nitrogens with zero attached hydrogens (tertiary/aromatic N) is 2. The van der Waals surface area contributed by atoms with Crippen molar-refractivity contribution in [2.24, 2.45) is 24.3 Å². The Labute approximate surface area is 122 Å². The first-order valence-corrected chi connectivity index (χ1v) is 8.37. The molecule has 0 radical (unpaired) electrons. The zero-order valence-corrected chi connectivity index (χ0v) is 12.9. The molecule has 1 aromatic rings. The van der Waals surface area contributed by atoms with Gasteiger partial charge in [0.1, 0.15) is 0 Å². The van der Waals surface area contributed by atoms with Crippen LogP contribution in [0.4, 0.5) is 0 Å². The van der Waals surface area contributed by atoms with Gasteiger partial charge in [0.15, 0.2) is 0 Å². The van der Waals surface area contributed by atoms with Gasteiger partial charge in [-0.3, -0.25) is 4.68 Å². The quantitative estimate of drug-likeness (QED) is 0.894. The second kappa shape index (κ2) is 4.59. The Morgan fingerprint density at radius 1 is 1.35 bits per heavy atom. The van der Waals surface area contributed by atoms with E-state index in [1.54, 1.807) is 0 Å². The molecule has 3 unspecified atom stereocenters. The summed E-state index contributed by atoms with van der Waals surface area (Å²) in [5.74, 6) is 1.96. The minimum absolute atomic E-state index is 0.520. The highest BCUT2D eigenvalue weighted by Crippen LogP contribution is 2.57. The molecule has 4 rings (SSSR count). The van der Waals surface area contributed by atoms with Crippen LogP contribution >= 0.6 is 0 Å². The first-order chi connectivity index (χ1) is 9.64. The molecule has 0 saturated heterocycles. The van der Waals surface area contributed by atoms with Crippen molar-refractivity contribution in [1.82, 2.24) is 15.1 Å². The van der Waals surface area contributed by atoms with Crippen molar-refractivity contribution >= 4 is 0 Å². The molecular formula is C17H27N3. The number of fused-ring (bicyclic) bond motifs is 2. The summed E-state index contributed by atoms with van der Waals surface area (Å²) >= 11 is 0. The van der Waals surface area contributed by atoms with Crippen molar-refractivity contribution in [2.45, 2.75) is 57.9 Å². The summed E-state index contributed by atoms with van der Waals surface area (Å²) in [6.45, 7) is 3.35. The molecule has 3 heteroatoms. The smallest absolute Gasteiger partial charge is 0.0596 e. The van der Waals surface area contributed by atoms with E-state index in [0.29, 0.717) is 5.41 Å². The van der Waals surface area contributed by atoms with Crippen molar-refractivity contribution in [3.63, 3.8) is 0 Å². The molecule has 0 aliphatic heterocycles. The van der Waals surface area contributed by atoms with Crippen LogP contribution in [0.25, 0.3) is 0 Å². The fraction of sp³-hybridized carbons (Fsp3) is 0.824. The normalized spacial score (nSPS) is 35.9. The van der Waals surface area contributed by atoms with Gasteiger partial charge >= 0.3 is 0 Å². The molecule has 1 heterocycles. The number of hydrogen-bond donors (Lipinski definition) is 1. The molecule has 3 atom stereocenters. The van der Waals surface area contributed by atoms with E-state index >= 15 is 0 Å². The van der Waals surface area contributed by atoms with E-state index < -0.39 is 0 Å². The first kappa shape index (κ1) is 12.9. The molecule has 3 nitrogen and oxygen atoms in total. The van der Waals surface area contributed by atoms with Gasteiger partial charge in [-0.05, 0) is 68.8 Å². The fourth-order valence-corrected chi connectivity index (χ4v) is 4.88. The highest BCUT2D eigenvalue weighted by Gasteiger charge is 2.51. The SMILES string of the molecule is Cc1cc(CC2(CNC3CC3)CC3CCC2C3)n(C)n1. The van der Waals surface area contributed by atoms with E-state index in [2.05, 4.69) is 35.1 Å². The van der Waals surface area contributed by atoms with Crippen molar-refractivity contribution in [3.05, 3.63) is 17.5 Å². The lowest BCUT2D eigenvalue weighted by Crippen LogP contribution is -2.41. The second-order valence-electron chi connectivity index (χ2n) is 7.68. The maximum absolute atomic E-state index is 4.55. The Hall–Kier alpha value is -0.830. The summed E-state index contributed by atoms with van der Waals surface area (Å²) in [7, 11) is 2.11. The van der Waals surface area contributed by atoms with Crippen molar-refractivity contribution in [3.8, 4) is 0 Å². The van der Waals surface area contributed by atoms with Gasteiger partial charge in [-0.1, -0.05) is 6.42 Å². The van der Waals surface area contributed by atoms with E-state index in [-0.39, 0.29) is 0 Å². The molecule has 0 spiro atoms. The maximum atomic E-state index is 4.55. The predicted molar refractivity (Wildman–Crippen MR) is 80.6 cm³/mol. The molecular weight excluding hydrogens is 246 g/mol. The summed E-state index contributed by atoms with van der Waals surface area (Å²) < 4.78 is 2.11. The van der Waals surface area contributed by atoms with E-state index in [9.17, 15) is 0 Å². The van der Waals surface area contributed by atoms with Gasteiger partial charge in [0.25, 0.3) is 0 Å². The largest absolute Gasteiger partial charge is 0.313 e. The number of nitrogens with one attached hydrogen (secondary N) is 1. The summed E-state index contributed by atoms with van der Waals surface area (Å²) in [6.07, 6.45) is 9.91. The minimum atomic E-state index is 0.520. The van der Waals surface area contributed by atoms with E-state index in [4.69, 9.17) is 0 Å². The predicted octanol–water partition coefficient (Wildman–Crippen LogP) is 2.83. The van der Waals surface area contributed by atoms with Gasteiger partial charge in [0.2, 0.25) is 0 Å². The van der Waals surface area contributed by atoms with E-state index in [1.165, 1.54) is 57.2 Å². The Bertz CT molecular complexity index is 502. The molecule has 3 fully saturated rings. The lowest BCUT2D eigenvalue weighted by molar-refractivity contribution is 0.152. The standard InChI is InChI=1S/C17H27N3/c1-12-7-16(20(2)19-12)10-17(11-18-15-5-6-15)9-13-3-4-14(17)8-13/h7,13-15,18H,3-6,8-11H2,1-2H3. The Morgan fingerprint density at radius 3 is 2.75 bits per heavy atom. The van der Waals surface area contributed by atoms with Gasteiger partial charge in [0, 0.05) is 25.3 Å². The van der Waals surface area contributed by atoms with Crippen LogP contribution in [0.3, 0.4) is 0 Å². The zero-order chi connectivity index (χ0) is 13.7. The highest BCUT2D eigenvalue weighted by atomic mass is 15.3. The Kier molecular flexibility index (Phi) is 2.95. The monoisotopic (exact) mass is 273 g/mol. The summed E-state index contributed by atoms with van der Waals surface area (Å²) in [4.78, 5) is 0. The Balaban J connectivity index is 1.56. The number of aromatic nitrogens is 2. The lowest BCUT2D eigenvalue weighted by Gasteiger charge is -2.38. The van der Waals surface area contributed by atoms with Gasteiger partial charge in [-0.2, -0.15) is 5.10 Å². The highest BCUT2D eigenvalue weighted by molar-refractivity contribution is 5.15. The molecule has 1 N–H and O–H groups in total. The van der Waals surface area contributed by atoms with Gasteiger partial charge < -0.3 is 5.32 Å². The van der Waals surface area contributed by atoms with Crippen LogP contribution in [0.5, 0.6) is 0 Å². The third-order valence-corrected chi connectivity index (χ3v) is 6.05. The molecule has 20 heavy (non-hydrogen) atoms. The second-order valence-corrected chi connectivity index (χ2v) is 7.68. The van der Waals surface area contributed by atoms with Crippen molar-refractivity contribution < 1.29 is 0 Å². The fourth-order valence-electron chi connectivity index (χ4n) is 4.88. The Morgan fingerprint density at radius 2 is 2.20 bits per heavy atom. The van der Waals surface area contributed by atoms with Crippen LogP contribution in [-0.2, 0) is 13.5 Å². The molecule has 0 amide bonds. The molecule has 110 valence electrons. The average Bonchev–Trinajstić information content (AvgIpc) is 2.91. The van der Waals surface area contributed by atoms with Crippen LogP contribution < -0.4 is 5.32 Å². The van der Waals surface area contributed by atoms with Crippen LogP contribution in [-0.4, -0.2) is 22.4 Å². The van der Waals surface area contributed by atoms with Gasteiger partial charge in [-0.25, -0.2) is 0 Å². The van der Waals surface area contributed by atoms with E-state index in [0.717, 1.165) is 23.6 Å². The molecule has 2 bridgehead atoms. The maximum Gasteiger partial charge on any atom is 0.0596 e. The van der Waals surface area contributed by atoms with Crippen LogP contribution in [0.1, 0.15) is 49.9 Å². The van der Waals surface area contributed by atoms with Crippen molar-refractivity contribution in [1.29, 1.82) is 0 Å². The number of rotatable bonds is 5. The van der Waals surface area contributed by atoms with Crippen LogP contribution in [0.2, 0.25) is 0 Å². The van der Waals surface area contributed by atoms with Crippen molar-refractivity contribution in [2.75, 3.05) is 6.54 Å². The van der Waals surface area contributed by atoms with Crippen LogP contribution in [0, 0.1) is 24.2 Å². The molecule has 3 aliphatic carbocycles. The molecule has 0 aromatic carbocycles. The van der Waals surface area contributed by atoms with Gasteiger partial charge in [0.05, 0.1) is 5.69 Å². The summed E-state index contributed by atoms with van der Waals surface area (Å²) in [5.41, 5.74) is 3.12. The number of hydrogen-bond acceptors (Lipinski definition) is 2. The number of aryl methyl sites for hydroxylation is 2. The van der Waals surface area contributed by atoms with Gasteiger partial charge in [-0.15, -0.1) is 0 Å².